The largest absolute Gasteiger partial charge is 0.492 e. The quantitative estimate of drug-likeness (QED) is 0.530. The van der Waals surface area contributed by atoms with E-state index in [1.54, 1.807) is 30.5 Å². The van der Waals surface area contributed by atoms with E-state index in [9.17, 15) is 9.65 Å². The van der Waals surface area contributed by atoms with Crippen molar-refractivity contribution in [2.24, 2.45) is 5.92 Å². The van der Waals surface area contributed by atoms with Crippen LogP contribution in [0.2, 0.25) is 0 Å². The molecule has 2 aliphatic rings. The third kappa shape index (κ3) is 5.21. The van der Waals surface area contributed by atoms with Crippen molar-refractivity contribution >= 4 is 11.6 Å². The minimum Gasteiger partial charge on any atom is -0.492 e. The molecule has 2 heterocycles. The lowest BCUT2D eigenvalue weighted by atomic mass is 10.1. The van der Waals surface area contributed by atoms with Gasteiger partial charge in [0, 0.05) is 30.1 Å². The van der Waals surface area contributed by atoms with Crippen LogP contribution >= 0.6 is 0 Å². The number of halogens is 1. The SMILES string of the molecule is N#Cc1cc(-c2ccnc(Nc3ccc(F)c(OC4CCNC4)c3)n2)ccc1OCC1CC1. The van der Waals surface area contributed by atoms with Crippen molar-refractivity contribution in [3.8, 4) is 28.8 Å². The summed E-state index contributed by atoms with van der Waals surface area (Å²) in [6.07, 6.45) is 4.82. The molecule has 1 atom stereocenters. The van der Waals surface area contributed by atoms with Gasteiger partial charge in [-0.3, -0.25) is 0 Å². The second-order valence-corrected chi connectivity index (χ2v) is 8.35. The summed E-state index contributed by atoms with van der Waals surface area (Å²) in [5, 5.41) is 15.9. The molecule has 1 aromatic heterocycles. The Morgan fingerprint density at radius 2 is 2.03 bits per heavy atom. The number of benzene rings is 2. The molecular formula is C25H24FN5O2. The maximum absolute atomic E-state index is 14.2. The molecule has 0 amide bonds. The van der Waals surface area contributed by atoms with E-state index in [1.807, 2.05) is 12.1 Å². The fourth-order valence-corrected chi connectivity index (χ4v) is 3.68. The number of ether oxygens (including phenoxy) is 2. The van der Waals surface area contributed by atoms with Crippen LogP contribution in [0.3, 0.4) is 0 Å². The maximum Gasteiger partial charge on any atom is 0.227 e. The van der Waals surface area contributed by atoms with Gasteiger partial charge in [-0.2, -0.15) is 5.26 Å². The van der Waals surface area contributed by atoms with Crippen LogP contribution in [-0.2, 0) is 0 Å². The van der Waals surface area contributed by atoms with Gasteiger partial charge in [0.25, 0.3) is 0 Å². The lowest BCUT2D eigenvalue weighted by molar-refractivity contribution is 0.213. The summed E-state index contributed by atoms with van der Waals surface area (Å²) < 4.78 is 25.8. The topological polar surface area (TPSA) is 92.1 Å². The summed E-state index contributed by atoms with van der Waals surface area (Å²) in [6, 6.07) is 14.0. The first-order valence-corrected chi connectivity index (χ1v) is 11.1. The molecule has 7 nitrogen and oxygen atoms in total. The Balaban J connectivity index is 1.32. The third-order valence-electron chi connectivity index (χ3n) is 5.72. The first kappa shape index (κ1) is 21.2. The molecule has 2 fully saturated rings. The molecule has 1 saturated carbocycles. The van der Waals surface area contributed by atoms with Gasteiger partial charge in [0.05, 0.1) is 17.9 Å². The average Bonchev–Trinajstić information content (AvgIpc) is 3.53. The Morgan fingerprint density at radius 3 is 2.82 bits per heavy atom. The molecule has 0 bridgehead atoms. The summed E-state index contributed by atoms with van der Waals surface area (Å²) >= 11 is 0. The summed E-state index contributed by atoms with van der Waals surface area (Å²) in [4.78, 5) is 8.84. The van der Waals surface area contributed by atoms with Crippen molar-refractivity contribution in [1.82, 2.24) is 15.3 Å². The third-order valence-corrected chi connectivity index (χ3v) is 5.72. The van der Waals surface area contributed by atoms with Gasteiger partial charge in [0.2, 0.25) is 5.95 Å². The van der Waals surface area contributed by atoms with Crippen LogP contribution in [0.15, 0.2) is 48.7 Å². The number of hydrogen-bond acceptors (Lipinski definition) is 7. The van der Waals surface area contributed by atoms with Crippen molar-refractivity contribution in [3.63, 3.8) is 0 Å². The number of rotatable bonds is 8. The predicted molar refractivity (Wildman–Crippen MR) is 122 cm³/mol. The molecule has 1 aliphatic heterocycles. The van der Waals surface area contributed by atoms with Crippen molar-refractivity contribution in [3.05, 3.63) is 60.0 Å². The highest BCUT2D eigenvalue weighted by molar-refractivity contribution is 5.66. The number of nitrogens with one attached hydrogen (secondary N) is 2. The first-order chi connectivity index (χ1) is 16.2. The van der Waals surface area contributed by atoms with Gasteiger partial charge in [0.15, 0.2) is 11.6 Å². The van der Waals surface area contributed by atoms with E-state index in [0.717, 1.165) is 18.5 Å². The van der Waals surface area contributed by atoms with Gasteiger partial charge >= 0.3 is 0 Å². The van der Waals surface area contributed by atoms with Crippen LogP contribution in [0.4, 0.5) is 16.0 Å². The number of nitrogens with zero attached hydrogens (tertiary/aromatic N) is 3. The predicted octanol–water partition coefficient (Wildman–Crippen LogP) is 4.43. The zero-order chi connectivity index (χ0) is 22.6. The molecule has 1 unspecified atom stereocenters. The smallest absolute Gasteiger partial charge is 0.227 e. The summed E-state index contributed by atoms with van der Waals surface area (Å²) in [6.45, 7) is 2.22. The highest BCUT2D eigenvalue weighted by atomic mass is 19.1. The van der Waals surface area contributed by atoms with Crippen molar-refractivity contribution in [1.29, 1.82) is 5.26 Å². The van der Waals surface area contributed by atoms with Crippen LogP contribution in [0, 0.1) is 23.1 Å². The lowest BCUT2D eigenvalue weighted by Crippen LogP contribution is -2.20. The van der Waals surface area contributed by atoms with Crippen LogP contribution in [-0.4, -0.2) is 35.8 Å². The van der Waals surface area contributed by atoms with Crippen LogP contribution < -0.4 is 20.1 Å². The van der Waals surface area contributed by atoms with Crippen LogP contribution in [0.25, 0.3) is 11.3 Å². The fraction of sp³-hybridized carbons (Fsp3) is 0.320. The molecule has 1 aliphatic carbocycles. The highest BCUT2D eigenvalue weighted by Crippen LogP contribution is 2.32. The van der Waals surface area contributed by atoms with E-state index in [-0.39, 0.29) is 11.9 Å². The second kappa shape index (κ2) is 9.43. The van der Waals surface area contributed by atoms with E-state index in [4.69, 9.17) is 9.47 Å². The van der Waals surface area contributed by atoms with Gasteiger partial charge in [0.1, 0.15) is 17.9 Å². The van der Waals surface area contributed by atoms with Gasteiger partial charge in [-0.25, -0.2) is 14.4 Å². The molecular weight excluding hydrogens is 421 g/mol. The van der Waals surface area contributed by atoms with E-state index in [2.05, 4.69) is 26.7 Å². The van der Waals surface area contributed by atoms with E-state index < -0.39 is 5.82 Å². The fourth-order valence-electron chi connectivity index (χ4n) is 3.68. The molecule has 2 N–H and O–H groups in total. The minimum absolute atomic E-state index is 0.0418. The van der Waals surface area contributed by atoms with Gasteiger partial charge < -0.3 is 20.1 Å². The summed E-state index contributed by atoms with van der Waals surface area (Å²) in [5.74, 6) is 1.36. The molecule has 3 aromatic rings. The number of nitriles is 1. The Hall–Kier alpha value is -3.70. The molecule has 0 spiro atoms. The zero-order valence-corrected chi connectivity index (χ0v) is 18.1. The summed E-state index contributed by atoms with van der Waals surface area (Å²) in [7, 11) is 0. The lowest BCUT2D eigenvalue weighted by Gasteiger charge is -2.14. The monoisotopic (exact) mass is 445 g/mol. The second-order valence-electron chi connectivity index (χ2n) is 8.35. The van der Waals surface area contributed by atoms with Crippen molar-refractivity contribution in [2.75, 3.05) is 25.0 Å². The Kier molecular flexibility index (Phi) is 6.05. The maximum atomic E-state index is 14.2. The summed E-state index contributed by atoms with van der Waals surface area (Å²) in [5.41, 5.74) is 2.54. The highest BCUT2D eigenvalue weighted by Gasteiger charge is 2.22. The molecule has 0 radical (unpaired) electrons. The standard InChI is InChI=1S/C25H24FN5O2/c26-21-5-4-19(12-24(21)33-20-7-9-28-14-20)30-25-29-10-8-22(31-25)17-3-6-23(18(11-17)13-27)32-15-16-1-2-16/h3-6,8,10-12,16,20,28H,1-2,7,9,14-15H2,(H,29,30,31). The minimum atomic E-state index is -0.407. The van der Waals surface area contributed by atoms with E-state index >= 15 is 0 Å². The van der Waals surface area contributed by atoms with E-state index in [1.165, 1.54) is 18.9 Å². The molecule has 1 saturated heterocycles. The molecule has 33 heavy (non-hydrogen) atoms. The molecule has 8 heteroatoms. The van der Waals surface area contributed by atoms with Crippen molar-refractivity contribution in [2.45, 2.75) is 25.4 Å². The normalized spacial score (nSPS) is 17.4. The van der Waals surface area contributed by atoms with E-state index in [0.29, 0.717) is 47.7 Å². The first-order valence-electron chi connectivity index (χ1n) is 11.1. The van der Waals surface area contributed by atoms with Crippen LogP contribution in [0.5, 0.6) is 11.5 Å². The zero-order valence-electron chi connectivity index (χ0n) is 18.1. The Morgan fingerprint density at radius 1 is 1.12 bits per heavy atom. The van der Waals surface area contributed by atoms with Crippen molar-refractivity contribution < 1.29 is 13.9 Å². The molecule has 168 valence electrons. The number of hydrogen-bond donors (Lipinski definition) is 2. The van der Waals surface area contributed by atoms with Gasteiger partial charge in [-0.05, 0) is 68.1 Å². The van der Waals surface area contributed by atoms with Crippen LogP contribution in [0.1, 0.15) is 24.8 Å². The number of anilines is 2. The van der Waals surface area contributed by atoms with Gasteiger partial charge in [-0.15, -0.1) is 0 Å². The van der Waals surface area contributed by atoms with Gasteiger partial charge in [-0.1, -0.05) is 0 Å². The molecule has 2 aromatic carbocycles. The molecule has 5 rings (SSSR count). The Bertz CT molecular complexity index is 1190. The average molecular weight is 445 g/mol. The number of aromatic nitrogens is 2. The Labute approximate surface area is 191 Å².